The summed E-state index contributed by atoms with van der Waals surface area (Å²) in [4.78, 5) is 24.5. The third-order valence-electron chi connectivity index (χ3n) is 9.42. The first-order valence-corrected chi connectivity index (χ1v) is 10.5. The topological polar surface area (TPSA) is 87.1 Å². The molecule has 0 aromatic heterocycles. The Morgan fingerprint density at radius 2 is 2.04 bits per heavy atom. The number of ketones is 2. The third-order valence-corrected chi connectivity index (χ3v) is 9.42. The Balaban J connectivity index is 1.60. The molecule has 6 heteroatoms. The van der Waals surface area contributed by atoms with Gasteiger partial charge in [0.15, 0.2) is 17.7 Å². The Morgan fingerprint density at radius 1 is 1.32 bits per heavy atom. The van der Waals surface area contributed by atoms with E-state index in [0.717, 1.165) is 12.0 Å². The van der Waals surface area contributed by atoms with Crippen LogP contribution in [0.5, 0.6) is 0 Å². The number of hydrogen-bond acceptors (Lipinski definition) is 5. The fourth-order valence-electron chi connectivity index (χ4n) is 8.03. The number of Topliss-reactive ketones (excluding diaryl/α,β-unsaturated/α-hetero) is 1. The summed E-state index contributed by atoms with van der Waals surface area (Å²) in [5, 5.41) is 20.7. The highest BCUT2D eigenvalue weighted by Crippen LogP contribution is 2.77. The highest BCUT2D eigenvalue weighted by atomic mass is 19.1. The summed E-state index contributed by atoms with van der Waals surface area (Å²) >= 11 is 0. The minimum absolute atomic E-state index is 0.0725. The van der Waals surface area contributed by atoms with E-state index in [-0.39, 0.29) is 30.3 Å². The Bertz CT molecular complexity index is 809. The Labute approximate surface area is 164 Å². The van der Waals surface area contributed by atoms with Gasteiger partial charge in [0.05, 0.1) is 6.10 Å². The van der Waals surface area contributed by atoms with Crippen molar-refractivity contribution >= 4 is 11.6 Å². The van der Waals surface area contributed by atoms with Crippen molar-refractivity contribution in [3.8, 4) is 0 Å². The van der Waals surface area contributed by atoms with E-state index in [4.69, 9.17) is 4.74 Å². The highest BCUT2D eigenvalue weighted by Gasteiger charge is 2.82. The number of halogens is 1. The maximum absolute atomic E-state index is 14.5. The highest BCUT2D eigenvalue weighted by molar-refractivity contribution is 5.95. The molecular weight excluding hydrogens is 363 g/mol. The summed E-state index contributed by atoms with van der Waals surface area (Å²) in [6, 6.07) is 0. The second-order valence-corrected chi connectivity index (χ2v) is 10.4. The van der Waals surface area contributed by atoms with Crippen molar-refractivity contribution in [3.63, 3.8) is 0 Å². The van der Waals surface area contributed by atoms with E-state index >= 15 is 0 Å². The van der Waals surface area contributed by atoms with Crippen molar-refractivity contribution in [1.82, 2.24) is 0 Å². The van der Waals surface area contributed by atoms with Gasteiger partial charge in [0.1, 0.15) is 17.8 Å². The zero-order valence-electron chi connectivity index (χ0n) is 16.7. The first kappa shape index (κ1) is 18.9. The predicted molar refractivity (Wildman–Crippen MR) is 98.1 cm³/mol. The molecule has 4 fully saturated rings. The molecule has 1 unspecified atom stereocenters. The Morgan fingerprint density at radius 3 is 2.71 bits per heavy atom. The second-order valence-electron chi connectivity index (χ2n) is 10.4. The molecule has 4 aliphatic carbocycles. The van der Waals surface area contributed by atoms with E-state index in [9.17, 15) is 24.2 Å². The lowest BCUT2D eigenvalue weighted by Gasteiger charge is -2.58. The smallest absolute Gasteiger partial charge is 0.190 e. The van der Waals surface area contributed by atoms with E-state index in [1.807, 2.05) is 13.8 Å². The molecule has 154 valence electrons. The van der Waals surface area contributed by atoms with Crippen LogP contribution in [0.15, 0.2) is 11.6 Å². The molecule has 0 aromatic carbocycles. The number of ether oxygens (including phenoxy) is 1. The number of epoxide rings is 1. The van der Waals surface area contributed by atoms with Gasteiger partial charge in [0, 0.05) is 10.8 Å². The molecule has 9 atom stereocenters. The van der Waals surface area contributed by atoms with Crippen LogP contribution in [0.4, 0.5) is 4.39 Å². The number of rotatable bonds is 2. The zero-order valence-corrected chi connectivity index (χ0v) is 16.7. The van der Waals surface area contributed by atoms with Crippen LogP contribution in [0.1, 0.15) is 52.9 Å². The molecule has 0 radical (unpaired) electrons. The molecule has 1 saturated heterocycles. The zero-order chi connectivity index (χ0) is 20.3. The molecule has 1 heterocycles. The number of carbonyl (C=O) groups is 2. The number of fused-ring (bicyclic) bond motifs is 3. The summed E-state index contributed by atoms with van der Waals surface area (Å²) in [6.07, 6.45) is 2.41. The fourth-order valence-corrected chi connectivity index (χ4v) is 8.03. The lowest BCUT2D eigenvalue weighted by molar-refractivity contribution is -0.161. The van der Waals surface area contributed by atoms with Crippen molar-refractivity contribution < 1.29 is 28.9 Å². The molecule has 3 saturated carbocycles. The number of aliphatic hydroxyl groups excluding tert-OH is 1. The molecule has 0 aromatic rings. The summed E-state index contributed by atoms with van der Waals surface area (Å²) in [6.45, 7) is 5.44. The number of aliphatic hydroxyl groups is 2. The fraction of sp³-hybridized carbons (Fsp3) is 0.818. The van der Waals surface area contributed by atoms with Gasteiger partial charge in [-0.25, -0.2) is 4.39 Å². The predicted octanol–water partition coefficient (Wildman–Crippen LogP) is 2.14. The molecule has 1 spiro atoms. The maximum atomic E-state index is 14.5. The van der Waals surface area contributed by atoms with Crippen LogP contribution < -0.4 is 0 Å². The standard InChI is InChI=1S/C22H29FO5/c1-11-6-14-12-4-5-21(27,17(26)10-24)19(12,2)9-18-22(14,28-18)20(3)8-15(23)16(25)7-13(11)20/h7,11-12,14-15,18,24,27H,4-6,8-10H2,1-3H3/t11-,12-,14-,15?,18-,19-,20-,21-,22+/m0/s1. The molecule has 0 amide bonds. The normalized spacial score (nSPS) is 56.9. The van der Waals surface area contributed by atoms with Crippen LogP contribution in [-0.2, 0) is 14.3 Å². The van der Waals surface area contributed by atoms with Gasteiger partial charge in [-0.1, -0.05) is 26.3 Å². The Kier molecular flexibility index (Phi) is 3.59. The molecule has 5 rings (SSSR count). The van der Waals surface area contributed by atoms with Gasteiger partial charge < -0.3 is 14.9 Å². The van der Waals surface area contributed by atoms with Gasteiger partial charge >= 0.3 is 0 Å². The average Bonchev–Trinajstić information content (AvgIpc) is 3.30. The maximum Gasteiger partial charge on any atom is 0.190 e. The SMILES string of the molecule is C[C@H]1C[C@H]2[C@@H]3CC[C@](O)(C(=O)CO)[C@@]3(C)C[C@@H]3O[C@@]32[C@@]2(C)CC(F)C(=O)C=C12. The summed E-state index contributed by atoms with van der Waals surface area (Å²) < 4.78 is 20.9. The quantitative estimate of drug-likeness (QED) is 0.703. The molecule has 5 aliphatic rings. The van der Waals surface area contributed by atoms with Crippen molar-refractivity contribution in [2.75, 3.05) is 6.61 Å². The second kappa shape index (κ2) is 5.32. The lowest BCUT2D eigenvalue weighted by Crippen LogP contribution is -2.63. The van der Waals surface area contributed by atoms with Gasteiger partial charge in [-0.2, -0.15) is 0 Å². The van der Waals surface area contributed by atoms with E-state index in [1.165, 1.54) is 6.08 Å². The van der Waals surface area contributed by atoms with E-state index in [0.29, 0.717) is 19.3 Å². The minimum atomic E-state index is -1.53. The van der Waals surface area contributed by atoms with Crippen molar-refractivity contribution in [2.24, 2.45) is 28.6 Å². The van der Waals surface area contributed by atoms with Gasteiger partial charge in [-0.15, -0.1) is 0 Å². The Hall–Kier alpha value is -1.11. The average molecular weight is 392 g/mol. The lowest BCUT2D eigenvalue weighted by atomic mass is 9.44. The summed E-state index contributed by atoms with van der Waals surface area (Å²) in [5.41, 5.74) is -2.21. The van der Waals surface area contributed by atoms with Crippen LogP contribution in [-0.4, -0.2) is 51.9 Å². The van der Waals surface area contributed by atoms with Crippen LogP contribution in [0.2, 0.25) is 0 Å². The minimum Gasteiger partial charge on any atom is -0.388 e. The molecular formula is C22H29FO5. The largest absolute Gasteiger partial charge is 0.388 e. The third kappa shape index (κ3) is 1.84. The van der Waals surface area contributed by atoms with E-state index in [2.05, 4.69) is 6.92 Å². The van der Waals surface area contributed by atoms with Gasteiger partial charge in [-0.3, -0.25) is 9.59 Å². The van der Waals surface area contributed by atoms with Crippen molar-refractivity contribution in [3.05, 3.63) is 11.6 Å². The van der Waals surface area contributed by atoms with Gasteiger partial charge in [0.25, 0.3) is 0 Å². The number of carbonyl (C=O) groups excluding carboxylic acids is 2. The summed E-state index contributed by atoms with van der Waals surface area (Å²) in [5.74, 6) is -0.631. The summed E-state index contributed by atoms with van der Waals surface area (Å²) in [7, 11) is 0. The van der Waals surface area contributed by atoms with Crippen LogP contribution in [0, 0.1) is 28.6 Å². The van der Waals surface area contributed by atoms with Gasteiger partial charge in [0.2, 0.25) is 0 Å². The first-order chi connectivity index (χ1) is 13.0. The van der Waals surface area contributed by atoms with Crippen LogP contribution in [0.25, 0.3) is 0 Å². The van der Waals surface area contributed by atoms with Gasteiger partial charge in [-0.05, 0) is 55.9 Å². The molecule has 28 heavy (non-hydrogen) atoms. The molecule has 5 nitrogen and oxygen atoms in total. The monoisotopic (exact) mass is 392 g/mol. The van der Waals surface area contributed by atoms with Crippen molar-refractivity contribution in [2.45, 2.75) is 76.4 Å². The number of alkyl halides is 1. The van der Waals surface area contributed by atoms with Crippen LogP contribution >= 0.6 is 0 Å². The number of hydrogen-bond donors (Lipinski definition) is 2. The molecule has 2 N–H and O–H groups in total. The van der Waals surface area contributed by atoms with E-state index < -0.39 is 46.4 Å². The molecule has 1 aliphatic heterocycles. The first-order valence-electron chi connectivity index (χ1n) is 10.5. The molecule has 0 bridgehead atoms. The van der Waals surface area contributed by atoms with E-state index in [1.54, 1.807) is 0 Å². The van der Waals surface area contributed by atoms with Crippen LogP contribution in [0.3, 0.4) is 0 Å². The van der Waals surface area contributed by atoms with Crippen molar-refractivity contribution in [1.29, 1.82) is 0 Å².